The minimum Gasteiger partial charge on any atom is -0.301 e. The van der Waals surface area contributed by atoms with Crippen LogP contribution in [-0.2, 0) is 0 Å². The minimum atomic E-state index is -0.277. The average Bonchev–Trinajstić information content (AvgIpc) is 3.27. The van der Waals surface area contributed by atoms with Crippen LogP contribution in [0.15, 0.2) is 67.1 Å². The maximum atomic E-state index is 13.3. The Bertz CT molecular complexity index is 1190. The van der Waals surface area contributed by atoms with Crippen molar-refractivity contribution in [2.45, 2.75) is 0 Å². The molecule has 0 atom stereocenters. The smallest absolute Gasteiger partial charge is 0.192 e. The van der Waals surface area contributed by atoms with Crippen LogP contribution in [0, 0.1) is 5.82 Å². The van der Waals surface area contributed by atoms with E-state index in [4.69, 9.17) is 0 Å². The second kappa shape index (κ2) is 5.20. The molecule has 5 aromatic rings. The van der Waals surface area contributed by atoms with Gasteiger partial charge in [0.05, 0.1) is 5.39 Å². The Kier molecular flexibility index (Phi) is 2.87. The molecule has 6 nitrogen and oxygen atoms in total. The number of nitrogens with zero attached hydrogens (tertiary/aromatic N) is 6. The summed E-state index contributed by atoms with van der Waals surface area (Å²) in [6.45, 7) is 0. The molecule has 0 amide bonds. The quantitative estimate of drug-likeness (QED) is 0.498. The fourth-order valence-electron chi connectivity index (χ4n) is 3.02. The molecule has 25 heavy (non-hydrogen) atoms. The molecule has 3 heterocycles. The van der Waals surface area contributed by atoms with Crippen LogP contribution in [0.2, 0.25) is 0 Å². The maximum absolute atomic E-state index is 13.3. The van der Waals surface area contributed by atoms with Crippen molar-refractivity contribution in [3.8, 4) is 16.8 Å². The summed E-state index contributed by atoms with van der Waals surface area (Å²) in [6.07, 6.45) is 3.56. The number of halogens is 1. The van der Waals surface area contributed by atoms with Crippen molar-refractivity contribution in [2.75, 3.05) is 0 Å². The molecule has 0 aliphatic rings. The van der Waals surface area contributed by atoms with Gasteiger partial charge in [-0.3, -0.25) is 0 Å². The van der Waals surface area contributed by atoms with Gasteiger partial charge < -0.3 is 4.57 Å². The van der Waals surface area contributed by atoms with Crippen LogP contribution >= 0.6 is 0 Å². The lowest BCUT2D eigenvalue weighted by Gasteiger charge is -2.04. The molecule has 7 heteroatoms. The van der Waals surface area contributed by atoms with E-state index in [0.29, 0.717) is 11.3 Å². The van der Waals surface area contributed by atoms with Crippen LogP contribution in [0.4, 0.5) is 4.39 Å². The van der Waals surface area contributed by atoms with E-state index in [-0.39, 0.29) is 5.82 Å². The first-order valence-electron chi connectivity index (χ1n) is 7.70. The molecule has 0 bridgehead atoms. The van der Waals surface area contributed by atoms with Crippen LogP contribution in [0.1, 0.15) is 0 Å². The molecular weight excluding hydrogens is 319 g/mol. The second-order valence-corrected chi connectivity index (χ2v) is 5.65. The molecule has 0 fully saturated rings. The molecular formula is C18H11FN6. The van der Waals surface area contributed by atoms with Crippen LogP contribution in [0.3, 0.4) is 0 Å². The van der Waals surface area contributed by atoms with Gasteiger partial charge in [0, 0.05) is 17.4 Å². The molecule has 0 aliphatic carbocycles. The number of hydrogen-bond donors (Lipinski definition) is 0. The monoisotopic (exact) mass is 330 g/mol. The van der Waals surface area contributed by atoms with Gasteiger partial charge in [0.15, 0.2) is 11.3 Å². The summed E-state index contributed by atoms with van der Waals surface area (Å²) in [5.74, 6) is -0.277. The fraction of sp³-hybridized carbons (Fsp3) is 0. The summed E-state index contributed by atoms with van der Waals surface area (Å²) < 4.78 is 16.8. The number of tetrazole rings is 1. The second-order valence-electron chi connectivity index (χ2n) is 5.65. The predicted molar refractivity (Wildman–Crippen MR) is 90.8 cm³/mol. The van der Waals surface area contributed by atoms with E-state index in [9.17, 15) is 4.39 Å². The third-order valence-corrected chi connectivity index (χ3v) is 4.17. The SMILES string of the molecule is Fc1ccc(-n2cc(-c3ccccc3)c3c2ncn2nnnc32)cc1. The predicted octanol–water partition coefficient (Wildman–Crippen LogP) is 3.27. The van der Waals surface area contributed by atoms with Crippen LogP contribution in [0.5, 0.6) is 0 Å². The number of aromatic nitrogens is 6. The topological polar surface area (TPSA) is 60.9 Å². The summed E-state index contributed by atoms with van der Waals surface area (Å²) >= 11 is 0. The van der Waals surface area contributed by atoms with Crippen molar-refractivity contribution >= 4 is 16.7 Å². The Morgan fingerprint density at radius 1 is 0.880 bits per heavy atom. The highest BCUT2D eigenvalue weighted by Crippen LogP contribution is 2.33. The normalized spacial score (nSPS) is 11.4. The molecule has 0 saturated carbocycles. The van der Waals surface area contributed by atoms with Gasteiger partial charge in [0.1, 0.15) is 12.1 Å². The Balaban J connectivity index is 1.89. The summed E-state index contributed by atoms with van der Waals surface area (Å²) in [7, 11) is 0. The highest BCUT2D eigenvalue weighted by molar-refractivity contribution is 6.03. The summed E-state index contributed by atoms with van der Waals surface area (Å²) in [5, 5.41) is 12.7. The van der Waals surface area contributed by atoms with Crippen molar-refractivity contribution in [3.05, 3.63) is 72.9 Å². The molecule has 0 N–H and O–H groups in total. The van der Waals surface area contributed by atoms with Crippen LogP contribution in [-0.4, -0.2) is 29.6 Å². The van der Waals surface area contributed by atoms with Crippen LogP contribution < -0.4 is 0 Å². The van der Waals surface area contributed by atoms with Gasteiger partial charge >= 0.3 is 0 Å². The number of benzene rings is 2. The average molecular weight is 330 g/mol. The zero-order valence-electron chi connectivity index (χ0n) is 12.9. The van der Waals surface area contributed by atoms with E-state index in [0.717, 1.165) is 22.2 Å². The van der Waals surface area contributed by atoms with Crippen LogP contribution in [0.25, 0.3) is 33.5 Å². The fourth-order valence-corrected chi connectivity index (χ4v) is 3.02. The Morgan fingerprint density at radius 2 is 1.68 bits per heavy atom. The molecule has 0 saturated heterocycles. The van der Waals surface area contributed by atoms with E-state index in [1.165, 1.54) is 12.1 Å². The largest absolute Gasteiger partial charge is 0.301 e. The van der Waals surface area contributed by atoms with Gasteiger partial charge in [-0.1, -0.05) is 30.3 Å². The lowest BCUT2D eigenvalue weighted by Crippen LogP contribution is -1.96. The molecule has 2 aromatic carbocycles. The Labute approximate surface area is 141 Å². The van der Waals surface area contributed by atoms with Gasteiger partial charge in [-0.25, -0.2) is 9.37 Å². The maximum Gasteiger partial charge on any atom is 0.192 e. The third-order valence-electron chi connectivity index (χ3n) is 4.17. The molecule has 0 aliphatic heterocycles. The molecule has 120 valence electrons. The van der Waals surface area contributed by atoms with Gasteiger partial charge in [-0.2, -0.15) is 4.52 Å². The first-order valence-corrected chi connectivity index (χ1v) is 7.70. The molecule has 5 rings (SSSR count). The highest BCUT2D eigenvalue weighted by atomic mass is 19.1. The van der Waals surface area contributed by atoms with Crippen molar-refractivity contribution < 1.29 is 4.39 Å². The molecule has 0 radical (unpaired) electrons. The number of hydrogen-bond acceptors (Lipinski definition) is 4. The van der Waals surface area contributed by atoms with E-state index in [2.05, 4.69) is 20.5 Å². The van der Waals surface area contributed by atoms with E-state index < -0.39 is 0 Å². The van der Waals surface area contributed by atoms with Gasteiger partial charge in [0.2, 0.25) is 0 Å². The van der Waals surface area contributed by atoms with E-state index in [1.54, 1.807) is 23.0 Å². The molecule has 0 spiro atoms. The van der Waals surface area contributed by atoms with Gasteiger partial charge in [-0.05, 0) is 40.3 Å². The molecule has 0 unspecified atom stereocenters. The Morgan fingerprint density at radius 3 is 2.48 bits per heavy atom. The van der Waals surface area contributed by atoms with Crippen molar-refractivity contribution in [1.82, 2.24) is 29.6 Å². The first kappa shape index (κ1) is 13.8. The van der Waals surface area contributed by atoms with E-state index >= 15 is 0 Å². The molecule has 3 aromatic heterocycles. The first-order chi connectivity index (χ1) is 12.3. The standard InChI is InChI=1S/C18H11FN6/c19-13-6-8-14(9-7-13)24-10-15(12-4-2-1-3-5-12)16-17(24)20-11-25-18(16)21-22-23-25/h1-11H. The number of rotatable bonds is 2. The number of fused-ring (bicyclic) bond motifs is 3. The summed E-state index contributed by atoms with van der Waals surface area (Å²) in [4.78, 5) is 4.52. The van der Waals surface area contributed by atoms with Crippen molar-refractivity contribution in [2.24, 2.45) is 0 Å². The lowest BCUT2D eigenvalue weighted by molar-refractivity contribution is 0.627. The summed E-state index contributed by atoms with van der Waals surface area (Å²) in [5.41, 5.74) is 4.16. The third kappa shape index (κ3) is 2.09. The zero-order chi connectivity index (χ0) is 16.8. The lowest BCUT2D eigenvalue weighted by atomic mass is 10.1. The zero-order valence-corrected chi connectivity index (χ0v) is 12.9. The van der Waals surface area contributed by atoms with E-state index in [1.807, 2.05) is 41.1 Å². The minimum absolute atomic E-state index is 0.277. The Hall–Kier alpha value is -3.61. The van der Waals surface area contributed by atoms with Gasteiger partial charge in [-0.15, -0.1) is 5.10 Å². The summed E-state index contributed by atoms with van der Waals surface area (Å²) in [6, 6.07) is 16.3. The highest BCUT2D eigenvalue weighted by Gasteiger charge is 2.17. The van der Waals surface area contributed by atoms with Gasteiger partial charge in [0.25, 0.3) is 0 Å². The van der Waals surface area contributed by atoms with Crippen molar-refractivity contribution in [1.29, 1.82) is 0 Å². The van der Waals surface area contributed by atoms with Crippen molar-refractivity contribution in [3.63, 3.8) is 0 Å².